The first-order valence-electron chi connectivity index (χ1n) is 19.6. The molecule has 0 radical (unpaired) electrons. The summed E-state index contributed by atoms with van der Waals surface area (Å²) in [5.41, 5.74) is 9.46. The van der Waals surface area contributed by atoms with Gasteiger partial charge in [0, 0.05) is 55.1 Å². The molecule has 2 aliphatic rings. The molecule has 2 aliphatic heterocycles. The third kappa shape index (κ3) is 7.35. The Morgan fingerprint density at radius 3 is 1.58 bits per heavy atom. The Balaban J connectivity index is 0.000000148. The standard InChI is InChI=1S/C24H22N4O.C23H22BrN3O/c1-17-26-24-20(15-25)13-21(27-9-11-29-12-10-27)14-23(24)28(17)16-19-7-4-6-18-5-2-3-8-22(18)19;1-16-25-23-21(24)13-19(26-9-11-28-12-10-26)14-22(23)27(16)15-18-7-4-6-17-5-2-3-8-20(17)18/h2-8,13-14H,9-12,16H2,1H3;2-8,13-14H,9-12,15H2,1H3. The summed E-state index contributed by atoms with van der Waals surface area (Å²) in [7, 11) is 0. The molecule has 2 saturated heterocycles. The molecular formula is C47H44BrN7O2. The monoisotopic (exact) mass is 817 g/mol. The van der Waals surface area contributed by atoms with E-state index < -0.39 is 0 Å². The van der Waals surface area contributed by atoms with E-state index >= 15 is 0 Å². The molecule has 6 aromatic carbocycles. The predicted molar refractivity (Wildman–Crippen MR) is 234 cm³/mol. The van der Waals surface area contributed by atoms with Crippen LogP contribution in [0.1, 0.15) is 28.3 Å². The SMILES string of the molecule is Cc1nc2c(Br)cc(N3CCOCC3)cc2n1Cc1cccc2ccccc12.Cc1nc2c(C#N)cc(N3CCOCC3)cc2n1Cc1cccc2ccccc12. The van der Waals surface area contributed by atoms with E-state index in [-0.39, 0.29) is 0 Å². The van der Waals surface area contributed by atoms with Crippen molar-refractivity contribution in [3.63, 3.8) is 0 Å². The molecule has 0 bridgehead atoms. The second-order valence-electron chi connectivity index (χ2n) is 14.7. The number of anilines is 2. The Labute approximate surface area is 340 Å². The Bertz CT molecular complexity index is 2780. The minimum atomic E-state index is 0.628. The third-order valence-electron chi connectivity index (χ3n) is 11.3. The predicted octanol–water partition coefficient (Wildman–Crippen LogP) is 9.40. The third-order valence-corrected chi connectivity index (χ3v) is 11.9. The smallest absolute Gasteiger partial charge is 0.107 e. The van der Waals surface area contributed by atoms with Gasteiger partial charge in [-0.3, -0.25) is 0 Å². The van der Waals surface area contributed by atoms with E-state index in [1.807, 2.05) is 13.0 Å². The summed E-state index contributed by atoms with van der Waals surface area (Å²) in [6.45, 7) is 12.2. The molecule has 0 unspecified atom stereocenters. The molecule has 9 nitrogen and oxygen atoms in total. The second kappa shape index (κ2) is 16.0. The van der Waals surface area contributed by atoms with Gasteiger partial charge in [0.05, 0.1) is 43.0 Å². The minimum absolute atomic E-state index is 0.628. The lowest BCUT2D eigenvalue weighted by atomic mass is 10.0. The fourth-order valence-electron chi connectivity index (χ4n) is 8.30. The van der Waals surface area contributed by atoms with Crippen LogP contribution in [-0.2, 0) is 22.6 Å². The van der Waals surface area contributed by atoms with E-state index in [4.69, 9.17) is 19.4 Å². The highest BCUT2D eigenvalue weighted by Crippen LogP contribution is 2.33. The van der Waals surface area contributed by atoms with Crippen LogP contribution in [0.15, 0.2) is 114 Å². The molecule has 0 amide bonds. The number of imidazole rings is 2. The number of halogens is 1. The molecule has 2 fully saturated rings. The van der Waals surface area contributed by atoms with Crippen LogP contribution in [0.25, 0.3) is 43.6 Å². The maximum Gasteiger partial charge on any atom is 0.107 e. The van der Waals surface area contributed by atoms with Gasteiger partial charge >= 0.3 is 0 Å². The maximum atomic E-state index is 9.75. The fraction of sp³-hybridized carbons (Fsp3) is 0.255. The lowest BCUT2D eigenvalue weighted by Gasteiger charge is -2.29. The first-order chi connectivity index (χ1) is 27.9. The average Bonchev–Trinajstić information content (AvgIpc) is 3.75. The molecule has 0 aliphatic carbocycles. The number of nitrogens with zero attached hydrogens (tertiary/aromatic N) is 7. The number of nitriles is 1. The van der Waals surface area contributed by atoms with Gasteiger partial charge in [0.15, 0.2) is 0 Å². The quantitative estimate of drug-likeness (QED) is 0.165. The zero-order chi connectivity index (χ0) is 38.9. The van der Waals surface area contributed by atoms with Crippen LogP contribution in [0.2, 0.25) is 0 Å². The van der Waals surface area contributed by atoms with Crippen molar-refractivity contribution in [2.45, 2.75) is 26.9 Å². The van der Waals surface area contributed by atoms with Gasteiger partial charge in [-0.15, -0.1) is 0 Å². The topological polar surface area (TPSA) is 84.4 Å². The Kier molecular flexibility index (Phi) is 10.4. The highest BCUT2D eigenvalue weighted by molar-refractivity contribution is 9.10. The molecular weight excluding hydrogens is 774 g/mol. The van der Waals surface area contributed by atoms with Crippen LogP contribution in [-0.4, -0.2) is 71.7 Å². The summed E-state index contributed by atoms with van der Waals surface area (Å²) in [5.74, 6) is 1.95. The van der Waals surface area contributed by atoms with Crippen molar-refractivity contribution < 1.29 is 9.47 Å². The normalized spacial score (nSPS) is 14.6. The number of fused-ring (bicyclic) bond motifs is 4. The van der Waals surface area contributed by atoms with Gasteiger partial charge < -0.3 is 28.4 Å². The van der Waals surface area contributed by atoms with Crippen LogP contribution >= 0.6 is 15.9 Å². The van der Waals surface area contributed by atoms with Crippen molar-refractivity contribution in [2.24, 2.45) is 0 Å². The van der Waals surface area contributed by atoms with Crippen LogP contribution in [0.4, 0.5) is 11.4 Å². The molecule has 0 atom stereocenters. The lowest BCUT2D eigenvalue weighted by molar-refractivity contribution is 0.122. The van der Waals surface area contributed by atoms with Crippen molar-refractivity contribution in [3.8, 4) is 6.07 Å². The molecule has 10 heteroatoms. The summed E-state index contributed by atoms with van der Waals surface area (Å²) in [5, 5.41) is 14.8. The van der Waals surface area contributed by atoms with Crippen molar-refractivity contribution >= 4 is 70.9 Å². The summed E-state index contributed by atoms with van der Waals surface area (Å²) >= 11 is 3.75. The average molecular weight is 819 g/mol. The molecule has 8 aromatic rings. The van der Waals surface area contributed by atoms with Gasteiger partial charge in [-0.25, -0.2) is 9.97 Å². The van der Waals surface area contributed by atoms with Gasteiger partial charge in [-0.2, -0.15) is 5.26 Å². The molecule has 286 valence electrons. The van der Waals surface area contributed by atoms with Crippen molar-refractivity contribution in [1.82, 2.24) is 19.1 Å². The Morgan fingerprint density at radius 1 is 0.596 bits per heavy atom. The number of hydrogen-bond donors (Lipinski definition) is 0. The molecule has 4 heterocycles. The zero-order valence-electron chi connectivity index (χ0n) is 32.3. The Hall–Kier alpha value is -5.73. The van der Waals surface area contributed by atoms with Gasteiger partial charge in [-0.05, 0) is 86.7 Å². The zero-order valence-corrected chi connectivity index (χ0v) is 33.9. The van der Waals surface area contributed by atoms with Crippen LogP contribution < -0.4 is 9.80 Å². The van der Waals surface area contributed by atoms with Crippen LogP contribution in [0.3, 0.4) is 0 Å². The van der Waals surface area contributed by atoms with Crippen molar-refractivity contribution in [2.75, 3.05) is 62.4 Å². The molecule has 0 saturated carbocycles. The van der Waals surface area contributed by atoms with Gasteiger partial charge in [0.25, 0.3) is 0 Å². The fourth-order valence-corrected chi connectivity index (χ4v) is 8.83. The van der Waals surface area contributed by atoms with Gasteiger partial charge in [0.1, 0.15) is 28.8 Å². The molecule has 0 N–H and O–H groups in total. The Morgan fingerprint density at radius 2 is 1.05 bits per heavy atom. The number of morpholine rings is 2. The van der Waals surface area contributed by atoms with Crippen molar-refractivity contribution in [1.29, 1.82) is 5.26 Å². The second-order valence-corrected chi connectivity index (χ2v) is 15.6. The first kappa shape index (κ1) is 36.9. The maximum absolute atomic E-state index is 9.75. The van der Waals surface area contributed by atoms with E-state index in [0.29, 0.717) is 18.8 Å². The van der Waals surface area contributed by atoms with E-state index in [2.05, 4.69) is 151 Å². The number of rotatable bonds is 6. The summed E-state index contributed by atoms with van der Waals surface area (Å²) in [4.78, 5) is 14.3. The molecule has 10 rings (SSSR count). The molecule has 2 aromatic heterocycles. The van der Waals surface area contributed by atoms with E-state index in [1.165, 1.54) is 43.9 Å². The van der Waals surface area contributed by atoms with E-state index in [9.17, 15) is 5.26 Å². The van der Waals surface area contributed by atoms with Crippen LogP contribution in [0, 0.1) is 25.2 Å². The minimum Gasteiger partial charge on any atom is -0.378 e. The number of benzene rings is 6. The van der Waals surface area contributed by atoms with E-state index in [0.717, 1.165) is 90.8 Å². The van der Waals surface area contributed by atoms with Crippen molar-refractivity contribution in [3.05, 3.63) is 142 Å². The number of aryl methyl sites for hydroxylation is 2. The number of ether oxygens (including phenoxy) is 2. The lowest BCUT2D eigenvalue weighted by Crippen LogP contribution is -2.36. The van der Waals surface area contributed by atoms with Gasteiger partial charge in [-0.1, -0.05) is 84.9 Å². The largest absolute Gasteiger partial charge is 0.378 e. The first-order valence-corrected chi connectivity index (χ1v) is 20.4. The van der Waals surface area contributed by atoms with Crippen LogP contribution in [0.5, 0.6) is 0 Å². The number of aromatic nitrogens is 4. The summed E-state index contributed by atoms with van der Waals surface area (Å²) < 4.78 is 16.6. The summed E-state index contributed by atoms with van der Waals surface area (Å²) in [6.07, 6.45) is 0. The molecule has 57 heavy (non-hydrogen) atoms. The number of hydrogen-bond acceptors (Lipinski definition) is 7. The summed E-state index contributed by atoms with van der Waals surface area (Å²) in [6, 6.07) is 40.9. The van der Waals surface area contributed by atoms with E-state index in [1.54, 1.807) is 0 Å². The highest BCUT2D eigenvalue weighted by atomic mass is 79.9. The van der Waals surface area contributed by atoms with Gasteiger partial charge in [0.2, 0.25) is 0 Å². The highest BCUT2D eigenvalue weighted by Gasteiger charge is 2.20. The molecule has 0 spiro atoms.